The minimum atomic E-state index is 0.148. The molecule has 2 aliphatic rings. The molecule has 2 saturated heterocycles. The standard InChI is InChI=1S/C14H21N5O/c1-11-9-15-10-12(11)13(20)18-5-7-19(8-6-18)14-16-3-2-4-17-14/h2-4,11-12,15H,5-10H2,1H3. The smallest absolute Gasteiger partial charge is 0.227 e. The molecule has 20 heavy (non-hydrogen) atoms. The summed E-state index contributed by atoms with van der Waals surface area (Å²) < 4.78 is 0. The molecule has 2 fully saturated rings. The van der Waals surface area contributed by atoms with E-state index in [2.05, 4.69) is 27.1 Å². The van der Waals surface area contributed by atoms with Crippen LogP contribution in [0.1, 0.15) is 6.92 Å². The van der Waals surface area contributed by atoms with Gasteiger partial charge in [-0.05, 0) is 18.5 Å². The number of carbonyl (C=O) groups excluding carboxylic acids is 1. The van der Waals surface area contributed by atoms with Crippen LogP contribution in [0, 0.1) is 11.8 Å². The van der Waals surface area contributed by atoms with E-state index in [1.54, 1.807) is 12.4 Å². The molecule has 108 valence electrons. The molecular formula is C14H21N5O. The predicted molar refractivity (Wildman–Crippen MR) is 76.3 cm³/mol. The third kappa shape index (κ3) is 2.60. The van der Waals surface area contributed by atoms with Gasteiger partial charge in [0, 0.05) is 45.1 Å². The zero-order valence-electron chi connectivity index (χ0n) is 11.8. The molecule has 1 aromatic rings. The summed E-state index contributed by atoms with van der Waals surface area (Å²) >= 11 is 0. The molecule has 1 aromatic heterocycles. The first-order valence-corrected chi connectivity index (χ1v) is 7.27. The Balaban J connectivity index is 1.57. The van der Waals surface area contributed by atoms with Gasteiger partial charge in [-0.2, -0.15) is 0 Å². The first kappa shape index (κ1) is 13.3. The van der Waals surface area contributed by atoms with Crippen molar-refractivity contribution in [3.8, 4) is 0 Å². The van der Waals surface area contributed by atoms with Crippen LogP contribution >= 0.6 is 0 Å². The van der Waals surface area contributed by atoms with Crippen molar-refractivity contribution in [3.63, 3.8) is 0 Å². The lowest BCUT2D eigenvalue weighted by Crippen LogP contribution is -2.51. The highest BCUT2D eigenvalue weighted by Gasteiger charge is 2.34. The van der Waals surface area contributed by atoms with Crippen molar-refractivity contribution in [2.24, 2.45) is 11.8 Å². The summed E-state index contributed by atoms with van der Waals surface area (Å²) in [7, 11) is 0. The van der Waals surface area contributed by atoms with Crippen LogP contribution in [0.15, 0.2) is 18.5 Å². The van der Waals surface area contributed by atoms with Gasteiger partial charge >= 0.3 is 0 Å². The fourth-order valence-electron chi connectivity index (χ4n) is 2.96. The third-order valence-corrected chi connectivity index (χ3v) is 4.26. The maximum absolute atomic E-state index is 12.5. The van der Waals surface area contributed by atoms with Crippen LogP contribution in [-0.2, 0) is 4.79 Å². The van der Waals surface area contributed by atoms with E-state index in [1.165, 1.54) is 0 Å². The molecular weight excluding hydrogens is 254 g/mol. The van der Waals surface area contributed by atoms with E-state index in [0.717, 1.165) is 45.2 Å². The Hall–Kier alpha value is -1.69. The Bertz CT molecular complexity index is 458. The molecule has 6 heteroatoms. The molecule has 0 aromatic carbocycles. The van der Waals surface area contributed by atoms with E-state index in [0.29, 0.717) is 11.8 Å². The zero-order valence-corrected chi connectivity index (χ0v) is 11.8. The first-order valence-electron chi connectivity index (χ1n) is 7.27. The van der Waals surface area contributed by atoms with E-state index in [9.17, 15) is 4.79 Å². The molecule has 0 saturated carbocycles. The van der Waals surface area contributed by atoms with E-state index >= 15 is 0 Å². The predicted octanol–water partition coefficient (Wildman–Crippen LogP) is -0.0193. The number of nitrogens with zero attached hydrogens (tertiary/aromatic N) is 4. The molecule has 0 aliphatic carbocycles. The number of rotatable bonds is 2. The SMILES string of the molecule is CC1CNCC1C(=O)N1CCN(c2ncccn2)CC1. The maximum Gasteiger partial charge on any atom is 0.227 e. The Morgan fingerprint density at radius 1 is 1.20 bits per heavy atom. The van der Waals surface area contributed by atoms with Crippen LogP contribution in [0.2, 0.25) is 0 Å². The highest BCUT2D eigenvalue weighted by atomic mass is 16.2. The van der Waals surface area contributed by atoms with Gasteiger partial charge in [0.1, 0.15) is 0 Å². The van der Waals surface area contributed by atoms with Gasteiger partial charge in [-0.1, -0.05) is 6.92 Å². The van der Waals surface area contributed by atoms with Crippen LogP contribution < -0.4 is 10.2 Å². The number of anilines is 1. The monoisotopic (exact) mass is 275 g/mol. The summed E-state index contributed by atoms with van der Waals surface area (Å²) in [6, 6.07) is 1.82. The number of hydrogen-bond donors (Lipinski definition) is 1. The van der Waals surface area contributed by atoms with Crippen LogP contribution in [0.3, 0.4) is 0 Å². The molecule has 2 unspecified atom stereocenters. The van der Waals surface area contributed by atoms with Crippen molar-refractivity contribution in [1.29, 1.82) is 0 Å². The third-order valence-electron chi connectivity index (χ3n) is 4.26. The number of aromatic nitrogens is 2. The quantitative estimate of drug-likeness (QED) is 0.822. The lowest BCUT2D eigenvalue weighted by molar-refractivity contribution is -0.136. The van der Waals surface area contributed by atoms with Crippen molar-refractivity contribution in [2.45, 2.75) is 6.92 Å². The Morgan fingerprint density at radius 3 is 2.50 bits per heavy atom. The number of hydrogen-bond acceptors (Lipinski definition) is 5. The van der Waals surface area contributed by atoms with Crippen LogP contribution in [0.4, 0.5) is 5.95 Å². The Morgan fingerprint density at radius 2 is 1.90 bits per heavy atom. The van der Waals surface area contributed by atoms with Gasteiger partial charge < -0.3 is 15.1 Å². The largest absolute Gasteiger partial charge is 0.339 e. The molecule has 3 rings (SSSR count). The minimum Gasteiger partial charge on any atom is -0.339 e. The van der Waals surface area contributed by atoms with Gasteiger partial charge in [0.25, 0.3) is 0 Å². The number of piperazine rings is 1. The topological polar surface area (TPSA) is 61.4 Å². The Labute approximate surface area is 119 Å². The average Bonchev–Trinajstić information content (AvgIpc) is 2.94. The van der Waals surface area contributed by atoms with E-state index in [-0.39, 0.29) is 5.92 Å². The summed E-state index contributed by atoms with van der Waals surface area (Å²) in [6.07, 6.45) is 3.51. The summed E-state index contributed by atoms with van der Waals surface area (Å²) in [5.74, 6) is 1.65. The molecule has 3 heterocycles. The van der Waals surface area contributed by atoms with Crippen molar-refractivity contribution < 1.29 is 4.79 Å². The van der Waals surface area contributed by atoms with Crippen LogP contribution in [0.25, 0.3) is 0 Å². The van der Waals surface area contributed by atoms with E-state index in [1.807, 2.05) is 11.0 Å². The van der Waals surface area contributed by atoms with Crippen LogP contribution in [-0.4, -0.2) is 60.0 Å². The number of nitrogens with one attached hydrogen (secondary N) is 1. The molecule has 0 bridgehead atoms. The van der Waals surface area contributed by atoms with Crippen molar-refractivity contribution in [2.75, 3.05) is 44.2 Å². The van der Waals surface area contributed by atoms with Gasteiger partial charge in [-0.3, -0.25) is 4.79 Å². The van der Waals surface area contributed by atoms with Gasteiger partial charge in [-0.15, -0.1) is 0 Å². The second-order valence-corrected chi connectivity index (χ2v) is 5.60. The summed E-state index contributed by atoms with van der Waals surface area (Å²) in [5, 5.41) is 3.30. The average molecular weight is 275 g/mol. The molecule has 6 nitrogen and oxygen atoms in total. The zero-order chi connectivity index (χ0) is 13.9. The lowest BCUT2D eigenvalue weighted by atomic mass is 9.96. The van der Waals surface area contributed by atoms with Crippen molar-refractivity contribution in [1.82, 2.24) is 20.2 Å². The van der Waals surface area contributed by atoms with Crippen LogP contribution in [0.5, 0.6) is 0 Å². The summed E-state index contributed by atoms with van der Waals surface area (Å²) in [5.41, 5.74) is 0. The van der Waals surface area contributed by atoms with Gasteiger partial charge in [0.2, 0.25) is 11.9 Å². The fraction of sp³-hybridized carbons (Fsp3) is 0.643. The normalized spacial score (nSPS) is 26.9. The molecule has 0 radical (unpaired) electrons. The highest BCUT2D eigenvalue weighted by molar-refractivity contribution is 5.80. The first-order chi connectivity index (χ1) is 9.75. The molecule has 0 spiro atoms. The summed E-state index contributed by atoms with van der Waals surface area (Å²) in [6.45, 7) is 7.07. The second-order valence-electron chi connectivity index (χ2n) is 5.60. The fourth-order valence-corrected chi connectivity index (χ4v) is 2.96. The minimum absolute atomic E-state index is 0.148. The summed E-state index contributed by atoms with van der Waals surface area (Å²) in [4.78, 5) is 25.1. The molecule has 1 amide bonds. The van der Waals surface area contributed by atoms with E-state index in [4.69, 9.17) is 0 Å². The highest BCUT2D eigenvalue weighted by Crippen LogP contribution is 2.20. The van der Waals surface area contributed by atoms with Gasteiger partial charge in [-0.25, -0.2) is 9.97 Å². The van der Waals surface area contributed by atoms with E-state index < -0.39 is 0 Å². The lowest BCUT2D eigenvalue weighted by Gasteiger charge is -2.36. The number of carbonyl (C=O) groups is 1. The van der Waals surface area contributed by atoms with Gasteiger partial charge in [0.15, 0.2) is 0 Å². The number of amides is 1. The van der Waals surface area contributed by atoms with Crippen molar-refractivity contribution in [3.05, 3.63) is 18.5 Å². The molecule has 2 aliphatic heterocycles. The molecule has 2 atom stereocenters. The second kappa shape index (κ2) is 5.75. The van der Waals surface area contributed by atoms with Crippen molar-refractivity contribution >= 4 is 11.9 Å². The maximum atomic E-state index is 12.5. The molecule has 1 N–H and O–H groups in total. The Kier molecular flexibility index (Phi) is 3.82. The van der Waals surface area contributed by atoms with Gasteiger partial charge in [0.05, 0.1) is 5.92 Å².